The largest absolute Gasteiger partial charge is 0.508 e. The quantitative estimate of drug-likeness (QED) is 0.277. The van der Waals surface area contributed by atoms with Crippen LogP contribution in [-0.2, 0) is 0 Å². The van der Waals surface area contributed by atoms with E-state index in [-0.39, 0.29) is 17.2 Å². The van der Waals surface area contributed by atoms with E-state index in [2.05, 4.69) is 4.90 Å². The monoisotopic (exact) mass is 469 g/mol. The SMILES string of the molecule is Cc1cc(N(c2ccc(Oc3cc(O)cc(C)c3C)cc2)c2cc(C)c(O)cc2C)c(C)cc1O. The standard InChI is InChI=1S/C30H31NO4/c1-17-11-24(32)16-30(22(17)6)35-25-9-7-23(8-10-25)31(26-12-20(4)28(33)14-18(26)2)27-13-21(5)29(34)15-19(27)3/h7-16,32-34H,1-6H3. The number of nitrogens with zero attached hydrogens (tertiary/aromatic N) is 1. The van der Waals surface area contributed by atoms with Gasteiger partial charge in [0, 0.05) is 23.1 Å². The summed E-state index contributed by atoms with van der Waals surface area (Å²) in [5.74, 6) is 1.94. The number of anilines is 3. The number of phenolic OH excluding ortho intramolecular Hbond substituents is 3. The molecule has 5 heteroatoms. The van der Waals surface area contributed by atoms with Crippen LogP contribution in [0.2, 0.25) is 0 Å². The highest BCUT2D eigenvalue weighted by Crippen LogP contribution is 2.42. The molecule has 0 saturated heterocycles. The molecule has 0 aliphatic heterocycles. The highest BCUT2D eigenvalue weighted by molar-refractivity contribution is 5.82. The molecule has 0 amide bonds. The van der Waals surface area contributed by atoms with Crippen LogP contribution in [0.4, 0.5) is 17.1 Å². The molecule has 4 rings (SSSR count). The zero-order valence-electron chi connectivity index (χ0n) is 21.0. The number of hydrogen-bond donors (Lipinski definition) is 3. The van der Waals surface area contributed by atoms with E-state index in [0.717, 1.165) is 50.4 Å². The zero-order valence-corrected chi connectivity index (χ0v) is 21.0. The number of phenols is 3. The lowest BCUT2D eigenvalue weighted by molar-refractivity contribution is 0.452. The van der Waals surface area contributed by atoms with Gasteiger partial charge in [-0.1, -0.05) is 0 Å². The highest BCUT2D eigenvalue weighted by Gasteiger charge is 2.19. The number of hydrogen-bond acceptors (Lipinski definition) is 5. The van der Waals surface area contributed by atoms with Crippen molar-refractivity contribution in [3.63, 3.8) is 0 Å². The van der Waals surface area contributed by atoms with E-state index >= 15 is 0 Å². The van der Waals surface area contributed by atoms with Crippen molar-refractivity contribution in [3.05, 3.63) is 94.0 Å². The maximum Gasteiger partial charge on any atom is 0.134 e. The van der Waals surface area contributed by atoms with Gasteiger partial charge >= 0.3 is 0 Å². The summed E-state index contributed by atoms with van der Waals surface area (Å²) in [6.07, 6.45) is 0. The van der Waals surface area contributed by atoms with Crippen molar-refractivity contribution in [1.29, 1.82) is 0 Å². The fourth-order valence-electron chi connectivity index (χ4n) is 4.17. The number of benzene rings is 4. The minimum atomic E-state index is 0.169. The highest BCUT2D eigenvalue weighted by atomic mass is 16.5. The average molecular weight is 470 g/mol. The van der Waals surface area contributed by atoms with Crippen LogP contribution in [0, 0.1) is 41.5 Å². The molecule has 0 saturated carbocycles. The Labute approximate surface area is 206 Å². The molecule has 0 atom stereocenters. The molecule has 180 valence electrons. The van der Waals surface area contributed by atoms with Gasteiger partial charge in [0.05, 0.1) is 0 Å². The maximum atomic E-state index is 10.2. The van der Waals surface area contributed by atoms with Gasteiger partial charge in [-0.05, 0) is 130 Å². The maximum absolute atomic E-state index is 10.2. The van der Waals surface area contributed by atoms with Crippen molar-refractivity contribution in [2.45, 2.75) is 41.5 Å². The van der Waals surface area contributed by atoms with Crippen LogP contribution >= 0.6 is 0 Å². The van der Waals surface area contributed by atoms with Crippen LogP contribution in [0.1, 0.15) is 33.4 Å². The molecular weight excluding hydrogens is 438 g/mol. The van der Waals surface area contributed by atoms with Gasteiger partial charge in [0.25, 0.3) is 0 Å². The number of rotatable bonds is 5. The molecule has 0 aliphatic rings. The summed E-state index contributed by atoms with van der Waals surface area (Å²) in [6, 6.07) is 18.5. The predicted molar refractivity (Wildman–Crippen MR) is 141 cm³/mol. The molecule has 0 heterocycles. The first-order chi connectivity index (χ1) is 16.5. The van der Waals surface area contributed by atoms with Gasteiger partial charge in [-0.2, -0.15) is 0 Å². The van der Waals surface area contributed by atoms with Crippen LogP contribution < -0.4 is 9.64 Å². The third-order valence-corrected chi connectivity index (χ3v) is 6.44. The van der Waals surface area contributed by atoms with Crippen molar-refractivity contribution in [3.8, 4) is 28.7 Å². The van der Waals surface area contributed by atoms with Crippen molar-refractivity contribution >= 4 is 17.1 Å². The summed E-state index contributed by atoms with van der Waals surface area (Å²) >= 11 is 0. The molecular formula is C30H31NO4. The Kier molecular flexibility index (Phi) is 6.35. The third-order valence-electron chi connectivity index (χ3n) is 6.44. The van der Waals surface area contributed by atoms with E-state index in [9.17, 15) is 15.3 Å². The topological polar surface area (TPSA) is 73.2 Å². The summed E-state index contributed by atoms with van der Waals surface area (Å²) in [4.78, 5) is 2.12. The third kappa shape index (κ3) is 4.76. The Morgan fingerprint density at radius 2 is 1.09 bits per heavy atom. The minimum absolute atomic E-state index is 0.169. The molecule has 35 heavy (non-hydrogen) atoms. The molecule has 0 radical (unpaired) electrons. The molecule has 0 unspecified atom stereocenters. The van der Waals surface area contributed by atoms with Gasteiger partial charge in [0.2, 0.25) is 0 Å². The van der Waals surface area contributed by atoms with Gasteiger partial charge in [0.1, 0.15) is 28.7 Å². The number of aromatic hydroxyl groups is 3. The van der Waals surface area contributed by atoms with Crippen LogP contribution in [0.5, 0.6) is 28.7 Å². The van der Waals surface area contributed by atoms with Gasteiger partial charge in [-0.15, -0.1) is 0 Å². The fraction of sp³-hybridized carbons (Fsp3) is 0.200. The molecule has 4 aromatic carbocycles. The van der Waals surface area contributed by atoms with Crippen molar-refractivity contribution < 1.29 is 20.1 Å². The van der Waals surface area contributed by atoms with E-state index in [1.165, 1.54) is 0 Å². The van der Waals surface area contributed by atoms with Crippen LogP contribution in [-0.4, -0.2) is 15.3 Å². The average Bonchev–Trinajstić information content (AvgIpc) is 2.79. The van der Waals surface area contributed by atoms with E-state index in [4.69, 9.17) is 4.74 Å². The second kappa shape index (κ2) is 9.26. The Morgan fingerprint density at radius 1 is 0.571 bits per heavy atom. The summed E-state index contributed by atoms with van der Waals surface area (Å²) in [5, 5.41) is 30.4. The second-order valence-electron chi connectivity index (χ2n) is 9.17. The first-order valence-corrected chi connectivity index (χ1v) is 11.5. The van der Waals surface area contributed by atoms with E-state index in [1.54, 1.807) is 24.3 Å². The fourth-order valence-corrected chi connectivity index (χ4v) is 4.17. The summed E-state index contributed by atoms with van der Waals surface area (Å²) < 4.78 is 6.09. The van der Waals surface area contributed by atoms with E-state index in [1.807, 2.05) is 77.9 Å². The van der Waals surface area contributed by atoms with Crippen LogP contribution in [0.25, 0.3) is 0 Å². The summed E-state index contributed by atoms with van der Waals surface area (Å²) in [5.41, 5.74) is 8.09. The van der Waals surface area contributed by atoms with Gasteiger partial charge < -0.3 is 25.0 Å². The molecule has 5 nitrogen and oxygen atoms in total. The lowest BCUT2D eigenvalue weighted by Gasteiger charge is -2.29. The first-order valence-electron chi connectivity index (χ1n) is 11.5. The Morgan fingerprint density at radius 3 is 1.60 bits per heavy atom. The Hall–Kier alpha value is -4.12. The summed E-state index contributed by atoms with van der Waals surface area (Å²) in [7, 11) is 0. The minimum Gasteiger partial charge on any atom is -0.508 e. The van der Waals surface area contributed by atoms with Gasteiger partial charge in [-0.25, -0.2) is 0 Å². The van der Waals surface area contributed by atoms with Gasteiger partial charge in [0.15, 0.2) is 0 Å². The number of aryl methyl sites for hydroxylation is 5. The van der Waals surface area contributed by atoms with Crippen LogP contribution in [0.3, 0.4) is 0 Å². The predicted octanol–water partition coefficient (Wildman–Crippen LogP) is 7.92. The molecule has 0 bridgehead atoms. The molecule has 0 aromatic heterocycles. The molecule has 0 fully saturated rings. The molecule has 3 N–H and O–H groups in total. The normalized spacial score (nSPS) is 10.9. The second-order valence-corrected chi connectivity index (χ2v) is 9.17. The summed E-state index contributed by atoms with van der Waals surface area (Å²) in [6.45, 7) is 11.6. The number of ether oxygens (including phenoxy) is 1. The smallest absolute Gasteiger partial charge is 0.134 e. The van der Waals surface area contributed by atoms with Crippen LogP contribution in [0.15, 0.2) is 60.7 Å². The van der Waals surface area contributed by atoms with Gasteiger partial charge in [-0.3, -0.25) is 0 Å². The molecule has 0 spiro atoms. The lowest BCUT2D eigenvalue weighted by atomic mass is 10.0. The van der Waals surface area contributed by atoms with Crippen molar-refractivity contribution in [1.82, 2.24) is 0 Å². The Balaban J connectivity index is 1.81. The zero-order chi connectivity index (χ0) is 25.4. The first kappa shape index (κ1) is 24.0. The molecule has 0 aliphatic carbocycles. The van der Waals surface area contributed by atoms with E-state index in [0.29, 0.717) is 11.5 Å². The Bertz CT molecular complexity index is 1350. The lowest BCUT2D eigenvalue weighted by Crippen LogP contribution is -2.13. The molecule has 4 aromatic rings. The van der Waals surface area contributed by atoms with Crippen molar-refractivity contribution in [2.75, 3.05) is 4.90 Å². The van der Waals surface area contributed by atoms with Crippen molar-refractivity contribution in [2.24, 2.45) is 0 Å². The van der Waals surface area contributed by atoms with E-state index < -0.39 is 0 Å².